The summed E-state index contributed by atoms with van der Waals surface area (Å²) >= 11 is 1.74. The molecule has 3 nitrogen and oxygen atoms in total. The highest BCUT2D eigenvalue weighted by atomic mass is 32.2. The van der Waals surface area contributed by atoms with Gasteiger partial charge in [0.05, 0.1) is 6.04 Å². The lowest BCUT2D eigenvalue weighted by Crippen LogP contribution is -2.30. The molecule has 1 heterocycles. The monoisotopic (exact) mass is 287 g/mol. The second-order valence-corrected chi connectivity index (χ2v) is 5.52. The van der Waals surface area contributed by atoms with Crippen LogP contribution in [0.4, 0.5) is 0 Å². The number of aromatic nitrogens is 1. The van der Waals surface area contributed by atoms with E-state index in [1.54, 1.807) is 11.8 Å². The lowest BCUT2D eigenvalue weighted by molar-refractivity contribution is 0.538. The van der Waals surface area contributed by atoms with Crippen molar-refractivity contribution >= 4 is 11.8 Å². The van der Waals surface area contributed by atoms with Crippen molar-refractivity contribution in [2.45, 2.75) is 30.7 Å². The van der Waals surface area contributed by atoms with Crippen molar-refractivity contribution < 1.29 is 0 Å². The summed E-state index contributed by atoms with van der Waals surface area (Å²) in [5, 5.41) is 0. The van der Waals surface area contributed by atoms with E-state index in [2.05, 4.69) is 53.9 Å². The summed E-state index contributed by atoms with van der Waals surface area (Å²) in [6.07, 6.45) is 5.84. The minimum absolute atomic E-state index is 0.0821. The molecule has 0 saturated heterocycles. The molecule has 106 valence electrons. The van der Waals surface area contributed by atoms with Gasteiger partial charge in [-0.05, 0) is 35.9 Å². The second kappa shape index (κ2) is 7.43. The van der Waals surface area contributed by atoms with Crippen molar-refractivity contribution in [3.63, 3.8) is 0 Å². The van der Waals surface area contributed by atoms with Crippen LogP contribution in [0.5, 0.6) is 0 Å². The summed E-state index contributed by atoms with van der Waals surface area (Å²) in [6, 6.07) is 12.7. The van der Waals surface area contributed by atoms with E-state index in [-0.39, 0.29) is 6.04 Å². The molecule has 0 aliphatic rings. The molecule has 3 N–H and O–H groups in total. The SMILES string of the molecule is CCc1ccc(CC(NN)c2ccccc2SC)nc1. The summed E-state index contributed by atoms with van der Waals surface area (Å²) in [4.78, 5) is 5.77. The van der Waals surface area contributed by atoms with Gasteiger partial charge in [0, 0.05) is 23.2 Å². The minimum atomic E-state index is 0.0821. The molecule has 1 aromatic carbocycles. The molecule has 0 aliphatic carbocycles. The maximum Gasteiger partial charge on any atom is 0.0526 e. The third-order valence-corrected chi connectivity index (χ3v) is 4.23. The molecule has 2 rings (SSSR count). The third-order valence-electron chi connectivity index (χ3n) is 3.42. The Morgan fingerprint density at radius 3 is 2.65 bits per heavy atom. The van der Waals surface area contributed by atoms with E-state index < -0.39 is 0 Å². The molecule has 1 aromatic heterocycles. The van der Waals surface area contributed by atoms with Crippen molar-refractivity contribution in [2.75, 3.05) is 6.26 Å². The number of rotatable bonds is 6. The Morgan fingerprint density at radius 2 is 2.05 bits per heavy atom. The smallest absolute Gasteiger partial charge is 0.0526 e. The summed E-state index contributed by atoms with van der Waals surface area (Å²) in [6.45, 7) is 2.13. The number of hydrazine groups is 1. The van der Waals surface area contributed by atoms with E-state index in [9.17, 15) is 0 Å². The van der Waals surface area contributed by atoms with E-state index in [0.29, 0.717) is 0 Å². The molecule has 4 heteroatoms. The van der Waals surface area contributed by atoms with Gasteiger partial charge in [-0.3, -0.25) is 16.3 Å². The number of hydrogen-bond acceptors (Lipinski definition) is 4. The first-order valence-electron chi connectivity index (χ1n) is 6.81. The molecule has 1 unspecified atom stereocenters. The van der Waals surface area contributed by atoms with E-state index in [4.69, 9.17) is 5.84 Å². The summed E-state index contributed by atoms with van der Waals surface area (Å²) in [7, 11) is 0. The molecule has 0 amide bonds. The van der Waals surface area contributed by atoms with Crippen molar-refractivity contribution in [2.24, 2.45) is 5.84 Å². The molecular formula is C16H21N3S. The maximum atomic E-state index is 5.75. The lowest BCUT2D eigenvalue weighted by Gasteiger charge is -2.18. The summed E-state index contributed by atoms with van der Waals surface area (Å²) < 4.78 is 0. The Balaban J connectivity index is 2.19. The normalized spacial score (nSPS) is 12.3. The zero-order chi connectivity index (χ0) is 14.4. The van der Waals surface area contributed by atoms with Crippen LogP contribution in [0.3, 0.4) is 0 Å². The van der Waals surface area contributed by atoms with Crippen molar-refractivity contribution in [1.29, 1.82) is 0 Å². The minimum Gasteiger partial charge on any atom is -0.271 e. The average molecular weight is 287 g/mol. The third kappa shape index (κ3) is 3.60. The first kappa shape index (κ1) is 15.0. The first-order valence-corrected chi connectivity index (χ1v) is 8.03. The standard InChI is InChI=1S/C16H21N3S/c1-3-12-8-9-13(18-11-12)10-15(19-17)14-6-4-5-7-16(14)20-2/h4-9,11,15,19H,3,10,17H2,1-2H3. The molecular weight excluding hydrogens is 266 g/mol. The number of benzene rings is 1. The topological polar surface area (TPSA) is 50.9 Å². The summed E-state index contributed by atoms with van der Waals surface area (Å²) in [5.74, 6) is 5.75. The van der Waals surface area contributed by atoms with Crippen LogP contribution < -0.4 is 11.3 Å². The molecule has 0 spiro atoms. The van der Waals surface area contributed by atoms with Crippen molar-refractivity contribution in [1.82, 2.24) is 10.4 Å². The van der Waals surface area contributed by atoms with E-state index in [0.717, 1.165) is 18.5 Å². The number of aryl methyl sites for hydroxylation is 1. The van der Waals surface area contributed by atoms with Crippen molar-refractivity contribution in [3.8, 4) is 0 Å². The Labute approximate surface area is 125 Å². The lowest BCUT2D eigenvalue weighted by atomic mass is 10.0. The fourth-order valence-corrected chi connectivity index (χ4v) is 2.87. The van der Waals surface area contributed by atoms with Gasteiger partial charge in [-0.2, -0.15) is 0 Å². The Hall–Kier alpha value is -1.36. The maximum absolute atomic E-state index is 5.75. The Morgan fingerprint density at radius 1 is 1.25 bits per heavy atom. The van der Waals surface area contributed by atoms with Crippen LogP contribution in [0, 0.1) is 0 Å². The highest BCUT2D eigenvalue weighted by molar-refractivity contribution is 7.98. The van der Waals surface area contributed by atoms with E-state index in [1.807, 2.05) is 12.3 Å². The second-order valence-electron chi connectivity index (χ2n) is 4.68. The van der Waals surface area contributed by atoms with Gasteiger partial charge in [-0.25, -0.2) is 0 Å². The van der Waals surface area contributed by atoms with Crippen LogP contribution in [0.2, 0.25) is 0 Å². The van der Waals surface area contributed by atoms with Gasteiger partial charge in [0.2, 0.25) is 0 Å². The molecule has 2 aromatic rings. The predicted molar refractivity (Wildman–Crippen MR) is 85.6 cm³/mol. The molecule has 20 heavy (non-hydrogen) atoms. The number of nitrogens with zero attached hydrogens (tertiary/aromatic N) is 1. The molecule has 0 radical (unpaired) electrons. The van der Waals surface area contributed by atoms with Crippen LogP contribution in [0.1, 0.15) is 29.8 Å². The van der Waals surface area contributed by atoms with Crippen LogP contribution in [-0.2, 0) is 12.8 Å². The molecule has 0 saturated carbocycles. The summed E-state index contributed by atoms with van der Waals surface area (Å²) in [5.41, 5.74) is 6.46. The quantitative estimate of drug-likeness (QED) is 0.487. The fraction of sp³-hybridized carbons (Fsp3) is 0.312. The molecule has 0 bridgehead atoms. The molecule has 0 fully saturated rings. The Kier molecular flexibility index (Phi) is 5.59. The molecule has 1 atom stereocenters. The Bertz CT molecular complexity index is 540. The number of nitrogens with one attached hydrogen (secondary N) is 1. The van der Waals surface area contributed by atoms with Gasteiger partial charge in [0.15, 0.2) is 0 Å². The van der Waals surface area contributed by atoms with Crippen LogP contribution in [0.25, 0.3) is 0 Å². The van der Waals surface area contributed by atoms with Crippen LogP contribution in [-0.4, -0.2) is 11.2 Å². The highest BCUT2D eigenvalue weighted by Crippen LogP contribution is 2.27. The largest absolute Gasteiger partial charge is 0.271 e. The average Bonchev–Trinajstić information content (AvgIpc) is 2.53. The number of hydrogen-bond donors (Lipinski definition) is 2. The highest BCUT2D eigenvalue weighted by Gasteiger charge is 2.14. The van der Waals surface area contributed by atoms with Gasteiger partial charge < -0.3 is 0 Å². The fourth-order valence-electron chi connectivity index (χ4n) is 2.21. The first-order chi connectivity index (χ1) is 9.78. The van der Waals surface area contributed by atoms with Crippen molar-refractivity contribution in [3.05, 3.63) is 59.4 Å². The van der Waals surface area contributed by atoms with Gasteiger partial charge in [0.1, 0.15) is 0 Å². The van der Waals surface area contributed by atoms with E-state index in [1.165, 1.54) is 16.0 Å². The number of nitrogens with two attached hydrogens (primary N) is 1. The predicted octanol–water partition coefficient (Wildman–Crippen LogP) is 3.11. The number of thioether (sulfide) groups is 1. The van der Waals surface area contributed by atoms with Crippen LogP contribution in [0.15, 0.2) is 47.5 Å². The van der Waals surface area contributed by atoms with Gasteiger partial charge >= 0.3 is 0 Å². The van der Waals surface area contributed by atoms with Gasteiger partial charge in [0.25, 0.3) is 0 Å². The van der Waals surface area contributed by atoms with Gasteiger partial charge in [-0.15, -0.1) is 11.8 Å². The van der Waals surface area contributed by atoms with E-state index >= 15 is 0 Å². The molecule has 0 aliphatic heterocycles. The zero-order valence-corrected chi connectivity index (χ0v) is 12.8. The van der Waals surface area contributed by atoms with Crippen LogP contribution >= 0.6 is 11.8 Å². The zero-order valence-electron chi connectivity index (χ0n) is 12.0. The van der Waals surface area contributed by atoms with Gasteiger partial charge in [-0.1, -0.05) is 31.2 Å². The number of pyridine rings is 1.